The highest BCUT2D eigenvalue weighted by Gasteiger charge is 2.28. The van der Waals surface area contributed by atoms with Crippen LogP contribution in [0.2, 0.25) is 0 Å². The zero-order chi connectivity index (χ0) is 13.3. The van der Waals surface area contributed by atoms with Gasteiger partial charge in [0, 0.05) is 24.3 Å². The highest BCUT2D eigenvalue weighted by Crippen LogP contribution is 2.30. The Morgan fingerprint density at radius 1 is 1.22 bits per heavy atom. The summed E-state index contributed by atoms with van der Waals surface area (Å²) in [6.07, 6.45) is 2.14. The summed E-state index contributed by atoms with van der Waals surface area (Å²) in [4.78, 5) is 14.3. The van der Waals surface area contributed by atoms with Crippen molar-refractivity contribution in [2.24, 2.45) is 5.41 Å². The minimum atomic E-state index is 0.112. The molecule has 2 N–H and O–H groups in total. The fourth-order valence-electron chi connectivity index (χ4n) is 2.43. The van der Waals surface area contributed by atoms with Crippen molar-refractivity contribution < 1.29 is 4.79 Å². The minimum Gasteiger partial charge on any atom is -0.399 e. The third-order valence-corrected chi connectivity index (χ3v) is 3.75. The van der Waals surface area contributed by atoms with Crippen LogP contribution in [0.3, 0.4) is 0 Å². The molecule has 0 bridgehead atoms. The van der Waals surface area contributed by atoms with Crippen molar-refractivity contribution in [1.29, 1.82) is 0 Å². The molecule has 0 saturated carbocycles. The van der Waals surface area contributed by atoms with E-state index in [1.807, 2.05) is 24.0 Å². The normalized spacial score (nSPS) is 18.7. The number of nitrogen functional groups attached to an aromatic ring is 1. The Labute approximate surface area is 109 Å². The molecule has 0 radical (unpaired) electrons. The Balaban J connectivity index is 2.12. The van der Waals surface area contributed by atoms with Gasteiger partial charge in [-0.2, -0.15) is 0 Å². The molecule has 1 aliphatic heterocycles. The first-order chi connectivity index (χ1) is 8.37. The van der Waals surface area contributed by atoms with Gasteiger partial charge >= 0.3 is 0 Å². The molecule has 0 aromatic heterocycles. The van der Waals surface area contributed by atoms with Gasteiger partial charge in [-0.15, -0.1) is 0 Å². The molecule has 3 heteroatoms. The van der Waals surface area contributed by atoms with Gasteiger partial charge in [0.05, 0.1) is 0 Å². The van der Waals surface area contributed by atoms with E-state index in [4.69, 9.17) is 5.73 Å². The third-order valence-electron chi connectivity index (χ3n) is 3.75. The summed E-state index contributed by atoms with van der Waals surface area (Å²) in [6.45, 7) is 8.19. The molecule has 0 unspecified atom stereocenters. The lowest BCUT2D eigenvalue weighted by Gasteiger charge is -2.37. The van der Waals surface area contributed by atoms with Gasteiger partial charge in [0.25, 0.3) is 5.91 Å². The van der Waals surface area contributed by atoms with Gasteiger partial charge in [0.2, 0.25) is 0 Å². The topological polar surface area (TPSA) is 46.3 Å². The fraction of sp³-hybridized carbons (Fsp3) is 0.533. The first-order valence-corrected chi connectivity index (χ1v) is 6.54. The van der Waals surface area contributed by atoms with Crippen LogP contribution in [0.1, 0.15) is 42.6 Å². The lowest BCUT2D eigenvalue weighted by atomic mass is 9.82. The van der Waals surface area contributed by atoms with E-state index in [2.05, 4.69) is 13.8 Å². The van der Waals surface area contributed by atoms with Gasteiger partial charge in [-0.3, -0.25) is 4.79 Å². The average molecular weight is 246 g/mol. The fourth-order valence-corrected chi connectivity index (χ4v) is 2.43. The summed E-state index contributed by atoms with van der Waals surface area (Å²) in [5.74, 6) is 0.112. The number of carbonyl (C=O) groups excluding carboxylic acids is 1. The zero-order valence-electron chi connectivity index (χ0n) is 11.5. The van der Waals surface area contributed by atoms with Crippen molar-refractivity contribution in [2.75, 3.05) is 18.8 Å². The molecule has 1 fully saturated rings. The average Bonchev–Trinajstić information content (AvgIpc) is 2.27. The number of benzene rings is 1. The Morgan fingerprint density at radius 2 is 1.83 bits per heavy atom. The molecular formula is C15H22N2O. The van der Waals surface area contributed by atoms with Gasteiger partial charge in [-0.1, -0.05) is 13.8 Å². The third kappa shape index (κ3) is 2.84. The molecule has 1 aromatic carbocycles. The molecule has 1 aliphatic rings. The van der Waals surface area contributed by atoms with Crippen molar-refractivity contribution >= 4 is 11.6 Å². The van der Waals surface area contributed by atoms with Crippen LogP contribution in [0.4, 0.5) is 5.69 Å². The van der Waals surface area contributed by atoms with Gasteiger partial charge < -0.3 is 10.6 Å². The van der Waals surface area contributed by atoms with Crippen LogP contribution in [0.25, 0.3) is 0 Å². The molecule has 0 spiro atoms. The summed E-state index contributed by atoms with van der Waals surface area (Å²) in [7, 11) is 0. The first kappa shape index (κ1) is 12.9. The number of amides is 1. The number of likely N-dealkylation sites (tertiary alicyclic amines) is 1. The van der Waals surface area contributed by atoms with Crippen LogP contribution in [-0.2, 0) is 0 Å². The minimum absolute atomic E-state index is 0.112. The van der Waals surface area contributed by atoms with Crippen LogP contribution in [-0.4, -0.2) is 23.9 Å². The standard InChI is InChI=1S/C15H22N2O/c1-11-8-12(10-13(16)9-11)14(18)17-6-4-15(2,3)5-7-17/h8-10H,4-7,16H2,1-3H3. The van der Waals surface area contributed by atoms with Gasteiger partial charge in [-0.25, -0.2) is 0 Å². The molecule has 1 heterocycles. The Bertz CT molecular complexity index is 435. The Hall–Kier alpha value is -1.51. The van der Waals surface area contributed by atoms with Crippen molar-refractivity contribution in [3.8, 4) is 0 Å². The van der Waals surface area contributed by atoms with Crippen molar-refractivity contribution in [2.45, 2.75) is 33.6 Å². The van der Waals surface area contributed by atoms with E-state index >= 15 is 0 Å². The number of nitrogens with zero attached hydrogens (tertiary/aromatic N) is 1. The molecule has 98 valence electrons. The zero-order valence-corrected chi connectivity index (χ0v) is 11.5. The number of hydrogen-bond donors (Lipinski definition) is 1. The molecule has 1 aromatic rings. The molecule has 2 rings (SSSR count). The largest absolute Gasteiger partial charge is 0.399 e. The maximum Gasteiger partial charge on any atom is 0.253 e. The van der Waals surface area contributed by atoms with Crippen LogP contribution >= 0.6 is 0 Å². The molecule has 3 nitrogen and oxygen atoms in total. The highest BCUT2D eigenvalue weighted by molar-refractivity contribution is 5.95. The number of anilines is 1. The number of piperidine rings is 1. The molecule has 0 aliphatic carbocycles. The van der Waals surface area contributed by atoms with Crippen molar-refractivity contribution in [1.82, 2.24) is 4.90 Å². The molecular weight excluding hydrogens is 224 g/mol. The van der Waals surface area contributed by atoms with E-state index in [1.165, 1.54) is 0 Å². The highest BCUT2D eigenvalue weighted by atomic mass is 16.2. The molecule has 1 amide bonds. The SMILES string of the molecule is Cc1cc(N)cc(C(=O)N2CCC(C)(C)CC2)c1. The Morgan fingerprint density at radius 3 is 2.39 bits per heavy atom. The maximum atomic E-state index is 12.4. The second kappa shape index (κ2) is 4.63. The van der Waals surface area contributed by atoms with Crippen LogP contribution in [0.15, 0.2) is 18.2 Å². The predicted octanol–water partition coefficient (Wildman–Crippen LogP) is 2.84. The first-order valence-electron chi connectivity index (χ1n) is 6.54. The van der Waals surface area contributed by atoms with Crippen LogP contribution < -0.4 is 5.73 Å². The van der Waals surface area contributed by atoms with Gasteiger partial charge in [0.1, 0.15) is 0 Å². The lowest BCUT2D eigenvalue weighted by Crippen LogP contribution is -2.41. The van der Waals surface area contributed by atoms with E-state index in [0.29, 0.717) is 16.7 Å². The second-order valence-electron chi connectivity index (χ2n) is 6.09. The van der Waals surface area contributed by atoms with Crippen molar-refractivity contribution in [3.63, 3.8) is 0 Å². The predicted molar refractivity (Wildman–Crippen MR) is 74.5 cm³/mol. The van der Waals surface area contributed by atoms with Crippen LogP contribution in [0.5, 0.6) is 0 Å². The number of rotatable bonds is 1. The monoisotopic (exact) mass is 246 g/mol. The second-order valence-corrected chi connectivity index (χ2v) is 6.09. The van der Waals surface area contributed by atoms with E-state index < -0.39 is 0 Å². The molecule has 0 atom stereocenters. The van der Waals surface area contributed by atoms with Crippen molar-refractivity contribution in [3.05, 3.63) is 29.3 Å². The van der Waals surface area contributed by atoms with E-state index in [9.17, 15) is 4.79 Å². The maximum absolute atomic E-state index is 12.4. The quantitative estimate of drug-likeness (QED) is 0.774. The van der Waals surface area contributed by atoms with Crippen LogP contribution in [0, 0.1) is 12.3 Å². The summed E-state index contributed by atoms with van der Waals surface area (Å²) < 4.78 is 0. The Kier molecular flexibility index (Phi) is 3.33. The van der Waals surface area contributed by atoms with Gasteiger partial charge in [0.15, 0.2) is 0 Å². The molecule has 1 saturated heterocycles. The number of aryl methyl sites for hydroxylation is 1. The van der Waals surface area contributed by atoms with E-state index in [1.54, 1.807) is 6.07 Å². The van der Waals surface area contributed by atoms with E-state index in [-0.39, 0.29) is 5.91 Å². The summed E-state index contributed by atoms with van der Waals surface area (Å²) in [5.41, 5.74) is 8.58. The summed E-state index contributed by atoms with van der Waals surface area (Å²) in [6, 6.07) is 5.57. The number of nitrogens with two attached hydrogens (primary N) is 1. The summed E-state index contributed by atoms with van der Waals surface area (Å²) in [5, 5.41) is 0. The number of carbonyl (C=O) groups is 1. The van der Waals surface area contributed by atoms with E-state index in [0.717, 1.165) is 31.5 Å². The lowest BCUT2D eigenvalue weighted by molar-refractivity contribution is 0.0630. The smallest absolute Gasteiger partial charge is 0.253 e. The molecule has 18 heavy (non-hydrogen) atoms. The van der Waals surface area contributed by atoms with Gasteiger partial charge in [-0.05, 0) is 48.9 Å². The number of hydrogen-bond acceptors (Lipinski definition) is 2. The summed E-state index contributed by atoms with van der Waals surface area (Å²) >= 11 is 0.